The van der Waals surface area contributed by atoms with E-state index < -0.39 is 0 Å². The van der Waals surface area contributed by atoms with Crippen molar-refractivity contribution in [3.8, 4) is 0 Å². The van der Waals surface area contributed by atoms with Gasteiger partial charge in [0.25, 0.3) is 0 Å². The Morgan fingerprint density at radius 3 is 1.84 bits per heavy atom. The minimum Gasteiger partial charge on any atom is -0.308 e. The summed E-state index contributed by atoms with van der Waals surface area (Å²) in [7, 11) is 4.44. The first-order chi connectivity index (χ1) is 11.5. The van der Waals surface area contributed by atoms with Crippen LogP contribution >= 0.6 is 0 Å². The quantitative estimate of drug-likeness (QED) is 0.771. The molecule has 4 heteroatoms. The van der Waals surface area contributed by atoms with Gasteiger partial charge in [-0.05, 0) is 87.5 Å². The maximum atomic E-state index is 2.81. The molecule has 2 fully saturated rings. The van der Waals surface area contributed by atoms with Crippen molar-refractivity contribution < 1.29 is 0 Å². The lowest BCUT2D eigenvalue weighted by Gasteiger charge is -2.49. The molecule has 4 nitrogen and oxygen atoms in total. The summed E-state index contributed by atoms with van der Waals surface area (Å²) in [6.45, 7) is 22.8. The third-order valence-electron chi connectivity index (χ3n) is 6.19. The van der Waals surface area contributed by atoms with Gasteiger partial charge in [-0.1, -0.05) is 0 Å². The summed E-state index contributed by atoms with van der Waals surface area (Å²) in [5, 5.41) is 0. The van der Waals surface area contributed by atoms with Crippen LogP contribution in [0.3, 0.4) is 0 Å². The predicted molar refractivity (Wildman–Crippen MR) is 109 cm³/mol. The summed E-state index contributed by atoms with van der Waals surface area (Å²) in [4.78, 5) is 10.5. The minimum absolute atomic E-state index is 0.286. The van der Waals surface area contributed by atoms with Crippen molar-refractivity contribution in [2.75, 3.05) is 59.9 Å². The lowest BCUT2D eigenvalue weighted by Crippen LogP contribution is -2.61. The Hall–Kier alpha value is -0.160. The number of piperidine rings is 1. The van der Waals surface area contributed by atoms with E-state index in [-0.39, 0.29) is 5.54 Å². The third kappa shape index (κ3) is 6.20. The number of hydrogen-bond acceptors (Lipinski definition) is 4. The Balaban J connectivity index is 1.91. The second kappa shape index (κ2) is 8.24. The summed E-state index contributed by atoms with van der Waals surface area (Å²) < 4.78 is 0. The van der Waals surface area contributed by atoms with Gasteiger partial charge in [0.15, 0.2) is 0 Å². The van der Waals surface area contributed by atoms with E-state index in [1.807, 2.05) is 0 Å². The van der Waals surface area contributed by atoms with Gasteiger partial charge in [-0.15, -0.1) is 0 Å². The third-order valence-corrected chi connectivity index (χ3v) is 6.19. The van der Waals surface area contributed by atoms with Crippen LogP contribution in [-0.2, 0) is 0 Å². The first-order valence-electron chi connectivity index (χ1n) is 10.4. The van der Waals surface area contributed by atoms with Crippen molar-refractivity contribution in [3.05, 3.63) is 0 Å². The maximum Gasteiger partial charge on any atom is 0.0351 e. The fraction of sp³-hybridized carbons (Fsp3) is 1.00. The van der Waals surface area contributed by atoms with E-state index in [4.69, 9.17) is 0 Å². The van der Waals surface area contributed by atoms with E-state index in [9.17, 15) is 0 Å². The van der Waals surface area contributed by atoms with E-state index in [1.165, 1.54) is 58.7 Å². The second-order valence-corrected chi connectivity index (χ2v) is 10.6. The van der Waals surface area contributed by atoms with Gasteiger partial charge in [-0.3, -0.25) is 14.7 Å². The average Bonchev–Trinajstić information content (AvgIpc) is 2.47. The molecule has 0 spiro atoms. The predicted octanol–water partition coefficient (Wildman–Crippen LogP) is 2.84. The molecule has 2 aliphatic heterocycles. The van der Waals surface area contributed by atoms with Crippen molar-refractivity contribution >= 4 is 0 Å². The molecule has 0 aliphatic carbocycles. The molecule has 0 saturated carbocycles. The Morgan fingerprint density at radius 2 is 1.36 bits per heavy atom. The van der Waals surface area contributed by atoms with E-state index in [0.717, 1.165) is 5.92 Å². The zero-order valence-electron chi connectivity index (χ0n) is 18.3. The molecule has 0 unspecified atom stereocenters. The lowest BCUT2D eigenvalue weighted by atomic mass is 9.91. The fourth-order valence-electron chi connectivity index (χ4n) is 4.46. The summed E-state index contributed by atoms with van der Waals surface area (Å²) in [5.41, 5.74) is 0.617. The van der Waals surface area contributed by atoms with Crippen LogP contribution in [0.4, 0.5) is 0 Å². The number of hydrogen-bond donors (Lipinski definition) is 0. The standard InChI is InChI=1S/C21H44N4/c1-20(2,3)24-11-9-18(10-12-24)15-23-13-14-25(21(4,5)6)17-19(23)16-22(7)8/h18-19H,9-17H2,1-8H3/t19-/m0/s1. The monoisotopic (exact) mass is 352 g/mol. The lowest BCUT2D eigenvalue weighted by molar-refractivity contribution is -0.00300. The van der Waals surface area contributed by atoms with Gasteiger partial charge in [0.2, 0.25) is 0 Å². The van der Waals surface area contributed by atoms with E-state index in [1.54, 1.807) is 0 Å². The Morgan fingerprint density at radius 1 is 0.800 bits per heavy atom. The molecule has 0 radical (unpaired) electrons. The molecule has 0 bridgehead atoms. The average molecular weight is 353 g/mol. The van der Waals surface area contributed by atoms with Gasteiger partial charge < -0.3 is 4.90 Å². The molecule has 25 heavy (non-hydrogen) atoms. The highest BCUT2D eigenvalue weighted by atomic mass is 15.3. The largest absolute Gasteiger partial charge is 0.308 e. The zero-order valence-corrected chi connectivity index (χ0v) is 18.3. The molecule has 0 aromatic carbocycles. The topological polar surface area (TPSA) is 13.0 Å². The van der Waals surface area contributed by atoms with E-state index >= 15 is 0 Å². The van der Waals surface area contributed by atoms with Gasteiger partial charge in [0, 0.05) is 49.8 Å². The fourth-order valence-corrected chi connectivity index (χ4v) is 4.46. The number of piperazine rings is 1. The van der Waals surface area contributed by atoms with Crippen molar-refractivity contribution in [1.29, 1.82) is 0 Å². The molecule has 2 aliphatic rings. The number of nitrogens with zero attached hydrogens (tertiary/aromatic N) is 4. The Labute approximate surface area is 157 Å². The van der Waals surface area contributed by atoms with Crippen LogP contribution in [0.1, 0.15) is 54.4 Å². The van der Waals surface area contributed by atoms with Gasteiger partial charge in [0.05, 0.1) is 0 Å². The molecule has 148 valence electrons. The molecule has 2 heterocycles. The van der Waals surface area contributed by atoms with Gasteiger partial charge in [-0.25, -0.2) is 0 Å². The van der Waals surface area contributed by atoms with E-state index in [0.29, 0.717) is 11.6 Å². The Bertz CT molecular complexity index is 399. The molecule has 2 saturated heterocycles. The highest BCUT2D eigenvalue weighted by Crippen LogP contribution is 2.26. The molecule has 2 rings (SSSR count). The number of likely N-dealkylation sites (N-methyl/N-ethyl adjacent to an activating group) is 1. The molecular formula is C21H44N4. The smallest absolute Gasteiger partial charge is 0.0351 e. The van der Waals surface area contributed by atoms with Crippen molar-refractivity contribution in [3.63, 3.8) is 0 Å². The van der Waals surface area contributed by atoms with Crippen LogP contribution in [-0.4, -0.2) is 96.6 Å². The second-order valence-electron chi connectivity index (χ2n) is 10.6. The first kappa shape index (κ1) is 21.1. The highest BCUT2D eigenvalue weighted by molar-refractivity contribution is 4.91. The summed E-state index contributed by atoms with van der Waals surface area (Å²) in [5.74, 6) is 0.879. The summed E-state index contributed by atoms with van der Waals surface area (Å²) in [6.07, 6.45) is 2.73. The molecule has 1 atom stereocenters. The van der Waals surface area contributed by atoms with Crippen LogP contribution in [0.5, 0.6) is 0 Å². The molecule has 0 aromatic heterocycles. The van der Waals surface area contributed by atoms with Gasteiger partial charge in [-0.2, -0.15) is 0 Å². The van der Waals surface area contributed by atoms with Crippen LogP contribution in [0.25, 0.3) is 0 Å². The van der Waals surface area contributed by atoms with E-state index in [2.05, 4.69) is 75.2 Å². The molecule has 0 N–H and O–H groups in total. The SMILES string of the molecule is CN(C)C[C@H]1CN(C(C)(C)C)CCN1CC1CCN(C(C)(C)C)CC1. The summed E-state index contributed by atoms with van der Waals surface area (Å²) in [6, 6.07) is 0.670. The number of rotatable bonds is 4. The zero-order chi connectivity index (χ0) is 18.8. The minimum atomic E-state index is 0.286. The van der Waals surface area contributed by atoms with Crippen LogP contribution in [0, 0.1) is 5.92 Å². The van der Waals surface area contributed by atoms with Crippen molar-refractivity contribution in [2.45, 2.75) is 71.5 Å². The molecule has 0 aromatic rings. The van der Waals surface area contributed by atoms with Gasteiger partial charge >= 0.3 is 0 Å². The normalized spacial score (nSPS) is 26.5. The van der Waals surface area contributed by atoms with Crippen LogP contribution < -0.4 is 0 Å². The van der Waals surface area contributed by atoms with Crippen LogP contribution in [0.15, 0.2) is 0 Å². The maximum absolute atomic E-state index is 2.81. The van der Waals surface area contributed by atoms with Gasteiger partial charge in [0.1, 0.15) is 0 Å². The highest BCUT2D eigenvalue weighted by Gasteiger charge is 2.34. The molecule has 0 amide bonds. The first-order valence-corrected chi connectivity index (χ1v) is 10.4. The number of likely N-dealkylation sites (tertiary alicyclic amines) is 1. The van der Waals surface area contributed by atoms with Crippen molar-refractivity contribution in [2.24, 2.45) is 5.92 Å². The van der Waals surface area contributed by atoms with Crippen LogP contribution in [0.2, 0.25) is 0 Å². The summed E-state index contributed by atoms with van der Waals surface area (Å²) >= 11 is 0. The Kier molecular flexibility index (Phi) is 6.97. The van der Waals surface area contributed by atoms with Crippen molar-refractivity contribution in [1.82, 2.24) is 19.6 Å². The molecular weight excluding hydrogens is 308 g/mol.